The minimum absolute atomic E-state index is 0.124. The fourth-order valence-corrected chi connectivity index (χ4v) is 3.43. The lowest BCUT2D eigenvalue weighted by Gasteiger charge is -2.08. The second-order valence-corrected chi connectivity index (χ2v) is 6.85. The smallest absolute Gasteiger partial charge is 0.266 e. The molecule has 0 radical (unpaired) electrons. The molecule has 2 aromatic heterocycles. The first-order valence-corrected chi connectivity index (χ1v) is 8.84. The number of hydrogen-bond acceptors (Lipinski definition) is 6. The van der Waals surface area contributed by atoms with Crippen molar-refractivity contribution in [3.63, 3.8) is 0 Å². The quantitative estimate of drug-likeness (QED) is 0.630. The summed E-state index contributed by atoms with van der Waals surface area (Å²) in [6.07, 6.45) is 4.69. The van der Waals surface area contributed by atoms with Crippen LogP contribution in [0.3, 0.4) is 0 Å². The zero-order valence-electron chi connectivity index (χ0n) is 15.4. The first kappa shape index (κ1) is 19.9. The number of thiophene rings is 1. The van der Waals surface area contributed by atoms with E-state index in [-0.39, 0.29) is 22.0 Å². The van der Waals surface area contributed by atoms with Crippen LogP contribution in [-0.2, 0) is 11.3 Å². The number of nitrogens with one attached hydrogen (secondary N) is 1. The van der Waals surface area contributed by atoms with Gasteiger partial charge in [-0.3, -0.25) is 14.3 Å². The Kier molecular flexibility index (Phi) is 6.11. The summed E-state index contributed by atoms with van der Waals surface area (Å²) in [6.45, 7) is 4.25. The van der Waals surface area contributed by atoms with E-state index in [0.29, 0.717) is 22.5 Å². The molecule has 0 aliphatic rings. The lowest BCUT2D eigenvalue weighted by Crippen LogP contribution is -2.21. The van der Waals surface area contributed by atoms with Gasteiger partial charge in [-0.05, 0) is 25.5 Å². The predicted molar refractivity (Wildman–Crippen MR) is 102 cm³/mol. The highest BCUT2D eigenvalue weighted by molar-refractivity contribution is 7.18. The molecule has 9 heteroatoms. The summed E-state index contributed by atoms with van der Waals surface area (Å²) in [5.74, 6) is -0.902. The Labute approximate surface area is 160 Å². The highest BCUT2D eigenvalue weighted by atomic mass is 32.1. The molecule has 0 unspecified atom stereocenters. The summed E-state index contributed by atoms with van der Waals surface area (Å²) >= 11 is 1.02. The molecule has 0 aliphatic carbocycles. The molecule has 0 spiro atoms. The zero-order chi connectivity index (χ0) is 20.1. The van der Waals surface area contributed by atoms with E-state index >= 15 is 0 Å². The molecule has 0 aromatic carbocycles. The van der Waals surface area contributed by atoms with Gasteiger partial charge in [-0.1, -0.05) is 0 Å². The topological polar surface area (TPSA) is 115 Å². The van der Waals surface area contributed by atoms with Crippen LogP contribution in [0.2, 0.25) is 0 Å². The lowest BCUT2D eigenvalue weighted by atomic mass is 10.1. The average Bonchev–Trinajstić information content (AvgIpc) is 3.22. The number of nitrogens with zero attached hydrogens (tertiary/aromatic N) is 5. The van der Waals surface area contributed by atoms with Crippen molar-refractivity contribution in [1.82, 2.24) is 14.7 Å². The molecule has 1 N–H and O–H groups in total. The Bertz CT molecular complexity index is 1000. The van der Waals surface area contributed by atoms with Crippen LogP contribution in [0.5, 0.6) is 0 Å². The molecule has 0 saturated carbocycles. The van der Waals surface area contributed by atoms with Crippen molar-refractivity contribution in [2.75, 3.05) is 19.4 Å². The molecule has 0 saturated heterocycles. The van der Waals surface area contributed by atoms with Gasteiger partial charge in [0, 0.05) is 32.4 Å². The number of rotatable bonds is 5. The van der Waals surface area contributed by atoms with E-state index in [1.165, 1.54) is 11.0 Å². The van der Waals surface area contributed by atoms with Crippen molar-refractivity contribution >= 4 is 34.2 Å². The number of anilines is 1. The van der Waals surface area contributed by atoms with E-state index in [1.54, 1.807) is 38.1 Å². The number of aryl methyl sites for hydroxylation is 1. The summed E-state index contributed by atoms with van der Waals surface area (Å²) < 4.78 is 1.67. The van der Waals surface area contributed by atoms with Gasteiger partial charge in [0.15, 0.2) is 0 Å². The van der Waals surface area contributed by atoms with Crippen LogP contribution in [0.25, 0.3) is 6.08 Å². The molecule has 138 valence electrons. The zero-order valence-corrected chi connectivity index (χ0v) is 16.2. The molecule has 0 bridgehead atoms. The Balaban J connectivity index is 2.33. The molecule has 2 rings (SSSR count). The Morgan fingerprint density at radius 1 is 1.41 bits per heavy atom. The van der Waals surface area contributed by atoms with Crippen molar-refractivity contribution in [3.05, 3.63) is 39.5 Å². The van der Waals surface area contributed by atoms with Crippen molar-refractivity contribution in [1.29, 1.82) is 10.5 Å². The molecule has 8 nitrogen and oxygen atoms in total. The molecule has 0 fully saturated rings. The van der Waals surface area contributed by atoms with Crippen LogP contribution in [0.15, 0.2) is 18.0 Å². The fourth-order valence-electron chi connectivity index (χ4n) is 2.26. The Morgan fingerprint density at radius 3 is 2.63 bits per heavy atom. The third-order valence-corrected chi connectivity index (χ3v) is 4.93. The van der Waals surface area contributed by atoms with Crippen LogP contribution >= 0.6 is 11.3 Å². The summed E-state index contributed by atoms with van der Waals surface area (Å²) in [7, 11) is 3.22. The van der Waals surface area contributed by atoms with Gasteiger partial charge in [-0.2, -0.15) is 15.6 Å². The molecule has 0 aliphatic heterocycles. The molecular formula is C18H18N6O2S. The second kappa shape index (κ2) is 8.30. The third-order valence-electron chi connectivity index (χ3n) is 3.74. The third kappa shape index (κ3) is 4.22. The summed E-state index contributed by atoms with van der Waals surface area (Å²) in [4.78, 5) is 26.5. The van der Waals surface area contributed by atoms with E-state index in [9.17, 15) is 20.1 Å². The number of amides is 2. The van der Waals surface area contributed by atoms with Crippen molar-refractivity contribution in [3.8, 4) is 12.1 Å². The number of carbonyl (C=O) groups excluding carboxylic acids is 2. The van der Waals surface area contributed by atoms with Crippen LogP contribution in [0.1, 0.15) is 33.3 Å². The van der Waals surface area contributed by atoms with Gasteiger partial charge >= 0.3 is 0 Å². The van der Waals surface area contributed by atoms with Gasteiger partial charge in [-0.15, -0.1) is 11.3 Å². The number of nitriles is 2. The van der Waals surface area contributed by atoms with Gasteiger partial charge in [0.2, 0.25) is 0 Å². The number of aromatic nitrogens is 2. The van der Waals surface area contributed by atoms with Crippen molar-refractivity contribution in [2.45, 2.75) is 20.4 Å². The largest absolute Gasteiger partial charge is 0.344 e. The average molecular weight is 382 g/mol. The minimum atomic E-state index is -0.650. The SMILES string of the molecule is CCn1cc(/C=C(/C#N)C(=O)Nc2sc(C(=O)N(C)C)c(C)c2C#N)cn1. The van der Waals surface area contributed by atoms with Crippen LogP contribution < -0.4 is 5.32 Å². The molecular weight excluding hydrogens is 364 g/mol. The number of carbonyl (C=O) groups is 2. The maximum absolute atomic E-state index is 12.5. The monoisotopic (exact) mass is 382 g/mol. The predicted octanol–water partition coefficient (Wildman–Crippen LogP) is 2.39. The normalized spacial score (nSPS) is 10.8. The summed E-state index contributed by atoms with van der Waals surface area (Å²) in [5.41, 5.74) is 1.22. The highest BCUT2D eigenvalue weighted by Gasteiger charge is 2.23. The van der Waals surface area contributed by atoms with Gasteiger partial charge in [0.05, 0.1) is 16.6 Å². The van der Waals surface area contributed by atoms with E-state index < -0.39 is 5.91 Å². The Hall–Kier alpha value is -3.43. The molecule has 27 heavy (non-hydrogen) atoms. The minimum Gasteiger partial charge on any atom is -0.344 e. The van der Waals surface area contributed by atoms with Gasteiger partial charge in [0.25, 0.3) is 11.8 Å². The maximum atomic E-state index is 12.5. The molecule has 2 aromatic rings. The van der Waals surface area contributed by atoms with Crippen LogP contribution in [0.4, 0.5) is 5.00 Å². The van der Waals surface area contributed by atoms with Gasteiger partial charge in [0.1, 0.15) is 22.7 Å². The molecule has 0 atom stereocenters. The van der Waals surface area contributed by atoms with Gasteiger partial charge < -0.3 is 10.2 Å². The highest BCUT2D eigenvalue weighted by Crippen LogP contribution is 2.33. The van der Waals surface area contributed by atoms with E-state index in [2.05, 4.69) is 10.4 Å². The first-order valence-electron chi connectivity index (χ1n) is 8.03. The van der Waals surface area contributed by atoms with Gasteiger partial charge in [-0.25, -0.2) is 0 Å². The van der Waals surface area contributed by atoms with Crippen LogP contribution in [-0.4, -0.2) is 40.6 Å². The van der Waals surface area contributed by atoms with E-state index in [0.717, 1.165) is 11.3 Å². The Morgan fingerprint density at radius 2 is 2.11 bits per heavy atom. The molecule has 2 amide bonds. The van der Waals surface area contributed by atoms with E-state index in [4.69, 9.17) is 0 Å². The summed E-state index contributed by atoms with van der Waals surface area (Å²) in [6, 6.07) is 3.87. The fraction of sp³-hybridized carbons (Fsp3) is 0.278. The maximum Gasteiger partial charge on any atom is 0.266 e. The van der Waals surface area contributed by atoms with E-state index in [1.807, 2.05) is 19.1 Å². The standard InChI is InChI=1S/C18H18N6O2S/c1-5-24-10-12(9-21-24)6-13(7-19)16(25)22-17-14(8-20)11(2)15(27-17)18(26)23(3)4/h6,9-10H,5H2,1-4H3,(H,22,25)/b13-6-. The van der Waals surface area contributed by atoms with Crippen LogP contribution in [0, 0.1) is 29.6 Å². The number of hydrogen-bond donors (Lipinski definition) is 1. The summed E-state index contributed by atoms with van der Waals surface area (Å²) in [5, 5.41) is 25.6. The lowest BCUT2D eigenvalue weighted by molar-refractivity contribution is -0.112. The first-order chi connectivity index (χ1) is 12.8. The molecule has 2 heterocycles. The van der Waals surface area contributed by atoms with Crippen molar-refractivity contribution < 1.29 is 9.59 Å². The second-order valence-electron chi connectivity index (χ2n) is 5.82. The van der Waals surface area contributed by atoms with Crippen molar-refractivity contribution in [2.24, 2.45) is 0 Å².